The van der Waals surface area contributed by atoms with Crippen molar-refractivity contribution in [3.05, 3.63) is 106 Å². The highest BCUT2D eigenvalue weighted by atomic mass is 16.5. The van der Waals surface area contributed by atoms with E-state index in [1.807, 2.05) is 54.6 Å². The molecule has 5 aromatic rings. The minimum Gasteiger partial charge on any atom is -0.493 e. The minimum atomic E-state index is -0.144. The average Bonchev–Trinajstić information content (AvgIpc) is 3.28. The lowest BCUT2D eigenvalue weighted by molar-refractivity contribution is 0.355. The van der Waals surface area contributed by atoms with Gasteiger partial charge in [0, 0.05) is 29.6 Å². The van der Waals surface area contributed by atoms with E-state index >= 15 is 0 Å². The molecule has 0 aliphatic carbocycles. The van der Waals surface area contributed by atoms with E-state index in [-0.39, 0.29) is 5.56 Å². The fourth-order valence-corrected chi connectivity index (χ4v) is 4.25. The molecule has 0 spiro atoms. The first-order valence-corrected chi connectivity index (χ1v) is 11.8. The molecular weight excluding hydrogens is 452 g/mol. The van der Waals surface area contributed by atoms with E-state index in [1.165, 1.54) is 11.1 Å². The van der Waals surface area contributed by atoms with Crippen LogP contribution in [0.5, 0.6) is 11.5 Å². The Morgan fingerprint density at radius 3 is 2.36 bits per heavy atom. The first-order valence-electron chi connectivity index (χ1n) is 11.8. The van der Waals surface area contributed by atoms with Gasteiger partial charge in [-0.2, -0.15) is 5.10 Å². The van der Waals surface area contributed by atoms with Crippen molar-refractivity contribution in [2.45, 2.75) is 20.0 Å². The second kappa shape index (κ2) is 10.1. The second-order valence-electron chi connectivity index (χ2n) is 8.64. The zero-order valence-corrected chi connectivity index (χ0v) is 20.5. The largest absolute Gasteiger partial charge is 0.493 e. The number of pyridine rings is 1. The third-order valence-corrected chi connectivity index (χ3v) is 6.19. The number of nitrogens with zero attached hydrogens (tertiary/aromatic N) is 2. The maximum Gasteiger partial charge on any atom is 0.254 e. The van der Waals surface area contributed by atoms with E-state index in [0.717, 1.165) is 22.3 Å². The summed E-state index contributed by atoms with van der Waals surface area (Å²) in [6, 6.07) is 25.7. The zero-order chi connectivity index (χ0) is 25.1. The molecule has 0 bridgehead atoms. The molecule has 0 atom stereocenters. The van der Waals surface area contributed by atoms with Crippen molar-refractivity contribution in [1.29, 1.82) is 0 Å². The van der Waals surface area contributed by atoms with Crippen molar-refractivity contribution < 1.29 is 9.47 Å². The van der Waals surface area contributed by atoms with Crippen LogP contribution in [0.3, 0.4) is 0 Å². The number of ether oxygens (including phenoxy) is 2. The van der Waals surface area contributed by atoms with Gasteiger partial charge in [0.15, 0.2) is 11.5 Å². The standard InChI is InChI=1S/C29H28N4O3/c1-19-9-11-20(12-10-19)17-30-18-22-15-24-27(21-13-14-25(35-2)26(16-21)36-3)32-33(28(24)31-29(22)34)23-7-5-4-6-8-23/h4-16,30H,17-18H2,1-3H3,(H,31,34). The molecule has 2 aromatic heterocycles. The summed E-state index contributed by atoms with van der Waals surface area (Å²) < 4.78 is 12.7. The van der Waals surface area contributed by atoms with Gasteiger partial charge in [-0.05, 0) is 48.9 Å². The molecule has 0 aliphatic rings. The summed E-state index contributed by atoms with van der Waals surface area (Å²) >= 11 is 0. The number of methoxy groups -OCH3 is 2. The molecule has 2 heterocycles. The molecule has 7 heteroatoms. The molecule has 36 heavy (non-hydrogen) atoms. The Hall–Kier alpha value is -4.36. The van der Waals surface area contributed by atoms with Gasteiger partial charge in [-0.3, -0.25) is 4.79 Å². The number of H-pyrrole nitrogens is 1. The number of aryl methyl sites for hydroxylation is 1. The van der Waals surface area contributed by atoms with Crippen LogP contribution in [0, 0.1) is 6.92 Å². The first kappa shape index (κ1) is 23.4. The van der Waals surface area contributed by atoms with E-state index < -0.39 is 0 Å². The van der Waals surface area contributed by atoms with E-state index in [0.29, 0.717) is 35.8 Å². The molecule has 0 unspecified atom stereocenters. The molecule has 182 valence electrons. The maximum atomic E-state index is 13.1. The molecule has 0 aliphatic heterocycles. The van der Waals surface area contributed by atoms with Crippen molar-refractivity contribution in [1.82, 2.24) is 20.1 Å². The van der Waals surface area contributed by atoms with Crippen LogP contribution in [0.15, 0.2) is 83.7 Å². The molecule has 2 N–H and O–H groups in total. The summed E-state index contributed by atoms with van der Waals surface area (Å²) in [5, 5.41) is 9.14. The van der Waals surface area contributed by atoms with Crippen LogP contribution in [0.2, 0.25) is 0 Å². The highest BCUT2D eigenvalue weighted by Crippen LogP contribution is 2.35. The van der Waals surface area contributed by atoms with Crippen molar-refractivity contribution in [2.75, 3.05) is 14.2 Å². The minimum absolute atomic E-state index is 0.144. The lowest BCUT2D eigenvalue weighted by atomic mass is 10.1. The summed E-state index contributed by atoms with van der Waals surface area (Å²) in [4.78, 5) is 16.1. The fraction of sp³-hybridized carbons (Fsp3) is 0.172. The van der Waals surface area contributed by atoms with Gasteiger partial charge in [0.2, 0.25) is 0 Å². The van der Waals surface area contributed by atoms with Crippen LogP contribution in [0.25, 0.3) is 28.0 Å². The van der Waals surface area contributed by atoms with Crippen LogP contribution < -0.4 is 20.3 Å². The molecule has 0 radical (unpaired) electrons. The Morgan fingerprint density at radius 1 is 0.889 bits per heavy atom. The molecular formula is C29H28N4O3. The second-order valence-corrected chi connectivity index (χ2v) is 8.64. The van der Waals surface area contributed by atoms with Crippen LogP contribution in [0.4, 0.5) is 0 Å². The van der Waals surface area contributed by atoms with Gasteiger partial charge in [0.05, 0.1) is 19.9 Å². The zero-order valence-electron chi connectivity index (χ0n) is 20.5. The third-order valence-electron chi connectivity index (χ3n) is 6.19. The highest BCUT2D eigenvalue weighted by molar-refractivity contribution is 5.92. The van der Waals surface area contributed by atoms with Gasteiger partial charge < -0.3 is 19.8 Å². The van der Waals surface area contributed by atoms with Crippen molar-refractivity contribution in [3.63, 3.8) is 0 Å². The van der Waals surface area contributed by atoms with Gasteiger partial charge in [-0.1, -0.05) is 48.0 Å². The van der Waals surface area contributed by atoms with Gasteiger partial charge in [-0.15, -0.1) is 0 Å². The Morgan fingerprint density at radius 2 is 1.64 bits per heavy atom. The molecule has 7 nitrogen and oxygen atoms in total. The summed E-state index contributed by atoms with van der Waals surface area (Å²) in [5.41, 5.74) is 5.98. The lowest BCUT2D eigenvalue weighted by Crippen LogP contribution is -2.21. The monoisotopic (exact) mass is 480 g/mol. The van der Waals surface area contributed by atoms with Crippen molar-refractivity contribution in [3.8, 4) is 28.4 Å². The number of rotatable bonds is 8. The topological polar surface area (TPSA) is 81.2 Å². The molecule has 0 amide bonds. The van der Waals surface area contributed by atoms with Crippen LogP contribution in [0.1, 0.15) is 16.7 Å². The molecule has 0 fully saturated rings. The maximum absolute atomic E-state index is 13.1. The van der Waals surface area contributed by atoms with Crippen LogP contribution in [-0.4, -0.2) is 29.0 Å². The SMILES string of the molecule is COc1ccc(-c2nn(-c3ccccc3)c3[nH]c(=O)c(CNCc4ccc(C)cc4)cc23)cc1OC. The third kappa shape index (κ3) is 4.61. The summed E-state index contributed by atoms with van der Waals surface area (Å²) in [6.07, 6.45) is 0. The summed E-state index contributed by atoms with van der Waals surface area (Å²) in [7, 11) is 3.22. The predicted molar refractivity (Wildman–Crippen MR) is 142 cm³/mol. The van der Waals surface area contributed by atoms with E-state index in [9.17, 15) is 4.79 Å². The van der Waals surface area contributed by atoms with Crippen LogP contribution >= 0.6 is 0 Å². The lowest BCUT2D eigenvalue weighted by Gasteiger charge is -2.09. The normalized spacial score (nSPS) is 11.1. The quantitative estimate of drug-likeness (QED) is 0.327. The number of para-hydroxylation sites is 1. The predicted octanol–water partition coefficient (Wildman–Crippen LogP) is 5.00. The highest BCUT2D eigenvalue weighted by Gasteiger charge is 2.18. The Balaban J connectivity index is 1.57. The molecule has 0 saturated heterocycles. The summed E-state index contributed by atoms with van der Waals surface area (Å²) in [6.45, 7) is 3.17. The number of fused-ring (bicyclic) bond motifs is 1. The number of hydrogen-bond donors (Lipinski definition) is 2. The summed E-state index contributed by atoms with van der Waals surface area (Å²) in [5.74, 6) is 1.25. The van der Waals surface area contributed by atoms with Crippen molar-refractivity contribution >= 4 is 11.0 Å². The van der Waals surface area contributed by atoms with Crippen molar-refractivity contribution in [2.24, 2.45) is 0 Å². The fourth-order valence-electron chi connectivity index (χ4n) is 4.25. The Labute approximate surface area is 209 Å². The number of aromatic amines is 1. The van der Waals surface area contributed by atoms with Gasteiger partial charge in [-0.25, -0.2) is 4.68 Å². The van der Waals surface area contributed by atoms with E-state index in [4.69, 9.17) is 14.6 Å². The number of nitrogens with one attached hydrogen (secondary N) is 2. The molecule has 0 saturated carbocycles. The number of aromatic nitrogens is 3. The van der Waals surface area contributed by atoms with Crippen LogP contribution in [-0.2, 0) is 13.1 Å². The smallest absolute Gasteiger partial charge is 0.254 e. The Bertz CT molecular complexity index is 1550. The van der Waals surface area contributed by atoms with Gasteiger partial charge in [0.1, 0.15) is 11.3 Å². The molecule has 3 aromatic carbocycles. The average molecular weight is 481 g/mol. The van der Waals surface area contributed by atoms with Gasteiger partial charge >= 0.3 is 0 Å². The first-order chi connectivity index (χ1) is 17.6. The Kier molecular flexibility index (Phi) is 6.56. The number of hydrogen-bond acceptors (Lipinski definition) is 5. The number of benzene rings is 3. The van der Waals surface area contributed by atoms with Gasteiger partial charge in [0.25, 0.3) is 5.56 Å². The van der Waals surface area contributed by atoms with E-state index in [1.54, 1.807) is 18.9 Å². The van der Waals surface area contributed by atoms with E-state index in [2.05, 4.69) is 41.5 Å². The molecule has 5 rings (SSSR count).